The molecule has 1 fully saturated rings. The van der Waals surface area contributed by atoms with Gasteiger partial charge in [0.25, 0.3) is 5.91 Å². The lowest BCUT2D eigenvalue weighted by atomic mass is 10.1. The minimum absolute atomic E-state index is 0.0659. The second-order valence-electron chi connectivity index (χ2n) is 4.97. The zero-order valence-electron chi connectivity index (χ0n) is 10.8. The van der Waals surface area contributed by atoms with E-state index in [-0.39, 0.29) is 11.9 Å². The van der Waals surface area contributed by atoms with E-state index in [4.69, 9.17) is 5.73 Å². The van der Waals surface area contributed by atoms with Gasteiger partial charge in [0.2, 0.25) is 0 Å². The third-order valence-electron chi connectivity index (χ3n) is 3.72. The van der Waals surface area contributed by atoms with E-state index in [1.54, 1.807) is 0 Å². The lowest BCUT2D eigenvalue weighted by Crippen LogP contribution is -2.43. The molecule has 1 aromatic carbocycles. The second kappa shape index (κ2) is 5.41. The number of carbonyl (C=O) groups is 1. The molecule has 1 aromatic rings. The fourth-order valence-electron chi connectivity index (χ4n) is 2.33. The maximum Gasteiger partial charge on any atom is 0.254 e. The van der Waals surface area contributed by atoms with Crippen LogP contribution in [0.15, 0.2) is 22.7 Å². The number of likely N-dealkylation sites (N-methyl/N-ethyl adjacent to an activating group) is 1. The van der Waals surface area contributed by atoms with Crippen molar-refractivity contribution in [2.24, 2.45) is 11.7 Å². The van der Waals surface area contributed by atoms with Crippen molar-refractivity contribution in [3.8, 4) is 0 Å². The molecule has 0 bridgehead atoms. The zero-order chi connectivity index (χ0) is 13.3. The minimum atomic E-state index is 0.0659. The monoisotopic (exact) mass is 310 g/mol. The van der Waals surface area contributed by atoms with Crippen molar-refractivity contribution in [2.45, 2.75) is 25.8 Å². The fraction of sp³-hybridized carbons (Fsp3) is 0.500. The number of rotatable bonds is 4. The van der Waals surface area contributed by atoms with Crippen LogP contribution < -0.4 is 5.73 Å². The summed E-state index contributed by atoms with van der Waals surface area (Å²) in [5, 5.41) is 0. The molecule has 4 heteroatoms. The molecule has 1 aliphatic rings. The number of hydrogen-bond acceptors (Lipinski definition) is 2. The highest BCUT2D eigenvalue weighted by molar-refractivity contribution is 9.10. The Kier molecular flexibility index (Phi) is 4.07. The van der Waals surface area contributed by atoms with E-state index in [0.29, 0.717) is 12.5 Å². The van der Waals surface area contributed by atoms with Crippen LogP contribution in [0.3, 0.4) is 0 Å². The molecule has 1 amide bonds. The molecule has 18 heavy (non-hydrogen) atoms. The number of carbonyl (C=O) groups excluding carboxylic acids is 1. The standard InChI is InChI=1S/C14H19BrN2O/c1-9-11(4-3-5-12(9)15)14(18)17(2)13(8-16)10-6-7-10/h3-5,10,13H,6-8,16H2,1-2H3. The van der Waals surface area contributed by atoms with Crippen LogP contribution in [-0.4, -0.2) is 30.4 Å². The van der Waals surface area contributed by atoms with E-state index in [9.17, 15) is 4.79 Å². The highest BCUT2D eigenvalue weighted by Crippen LogP contribution is 2.35. The Bertz CT molecular complexity index is 457. The first-order valence-corrected chi connectivity index (χ1v) is 7.08. The van der Waals surface area contributed by atoms with Crippen LogP contribution in [0.25, 0.3) is 0 Å². The van der Waals surface area contributed by atoms with Gasteiger partial charge in [0.15, 0.2) is 0 Å². The topological polar surface area (TPSA) is 46.3 Å². The van der Waals surface area contributed by atoms with Crippen molar-refractivity contribution in [2.75, 3.05) is 13.6 Å². The fourth-order valence-corrected chi connectivity index (χ4v) is 2.69. The number of halogens is 1. The largest absolute Gasteiger partial charge is 0.337 e. The Morgan fingerprint density at radius 2 is 2.22 bits per heavy atom. The van der Waals surface area contributed by atoms with Gasteiger partial charge in [-0.3, -0.25) is 4.79 Å². The molecule has 0 saturated heterocycles. The SMILES string of the molecule is Cc1c(Br)cccc1C(=O)N(C)C(CN)C1CC1. The van der Waals surface area contributed by atoms with Crippen LogP contribution in [-0.2, 0) is 0 Å². The Labute approximate surface area is 116 Å². The number of nitrogens with zero attached hydrogens (tertiary/aromatic N) is 1. The normalized spacial score (nSPS) is 16.4. The van der Waals surface area contributed by atoms with E-state index in [1.165, 1.54) is 12.8 Å². The summed E-state index contributed by atoms with van der Waals surface area (Å²) in [5.41, 5.74) is 7.54. The maximum absolute atomic E-state index is 12.5. The van der Waals surface area contributed by atoms with Gasteiger partial charge < -0.3 is 10.6 Å². The molecule has 0 spiro atoms. The van der Waals surface area contributed by atoms with Crippen molar-refractivity contribution in [1.29, 1.82) is 0 Å². The predicted octanol–water partition coefficient (Wildman–Crippen LogP) is 2.57. The number of nitrogens with two attached hydrogens (primary N) is 1. The van der Waals surface area contributed by atoms with Gasteiger partial charge >= 0.3 is 0 Å². The molecule has 0 aliphatic heterocycles. The first-order chi connectivity index (χ1) is 8.56. The molecule has 0 radical (unpaired) electrons. The average molecular weight is 311 g/mol. The Balaban J connectivity index is 2.22. The number of amides is 1. The smallest absolute Gasteiger partial charge is 0.254 e. The van der Waals surface area contributed by atoms with Gasteiger partial charge in [0.1, 0.15) is 0 Å². The van der Waals surface area contributed by atoms with E-state index in [1.807, 2.05) is 37.1 Å². The first-order valence-electron chi connectivity index (χ1n) is 6.28. The highest BCUT2D eigenvalue weighted by Gasteiger charge is 2.35. The van der Waals surface area contributed by atoms with Crippen LogP contribution in [0.5, 0.6) is 0 Å². The van der Waals surface area contributed by atoms with Gasteiger partial charge in [-0.15, -0.1) is 0 Å². The third kappa shape index (κ3) is 2.59. The molecule has 1 atom stereocenters. The average Bonchev–Trinajstić information content (AvgIpc) is 3.17. The summed E-state index contributed by atoms with van der Waals surface area (Å²) >= 11 is 3.46. The van der Waals surface area contributed by atoms with Crippen molar-refractivity contribution in [1.82, 2.24) is 4.90 Å². The molecule has 1 saturated carbocycles. The molecule has 98 valence electrons. The lowest BCUT2D eigenvalue weighted by Gasteiger charge is -2.27. The number of hydrogen-bond donors (Lipinski definition) is 1. The van der Waals surface area contributed by atoms with Crippen molar-refractivity contribution < 1.29 is 4.79 Å². The van der Waals surface area contributed by atoms with E-state index in [0.717, 1.165) is 15.6 Å². The molecule has 1 aliphatic carbocycles. The second-order valence-corrected chi connectivity index (χ2v) is 5.82. The van der Waals surface area contributed by atoms with Crippen molar-refractivity contribution in [3.05, 3.63) is 33.8 Å². The third-order valence-corrected chi connectivity index (χ3v) is 4.58. The molecule has 2 N–H and O–H groups in total. The van der Waals surface area contributed by atoms with Crippen molar-refractivity contribution >= 4 is 21.8 Å². The van der Waals surface area contributed by atoms with Gasteiger partial charge in [-0.1, -0.05) is 22.0 Å². The highest BCUT2D eigenvalue weighted by atomic mass is 79.9. The van der Waals surface area contributed by atoms with Gasteiger partial charge in [0, 0.05) is 29.7 Å². The van der Waals surface area contributed by atoms with Crippen LogP contribution >= 0.6 is 15.9 Å². The maximum atomic E-state index is 12.5. The predicted molar refractivity (Wildman–Crippen MR) is 76.5 cm³/mol. The zero-order valence-corrected chi connectivity index (χ0v) is 12.4. The summed E-state index contributed by atoms with van der Waals surface area (Å²) in [6.45, 7) is 2.50. The van der Waals surface area contributed by atoms with E-state index >= 15 is 0 Å². The molecule has 2 rings (SSSR count). The van der Waals surface area contributed by atoms with E-state index < -0.39 is 0 Å². The Morgan fingerprint density at radius 3 is 2.78 bits per heavy atom. The summed E-state index contributed by atoms with van der Waals surface area (Å²) in [5.74, 6) is 0.660. The van der Waals surface area contributed by atoms with Gasteiger partial charge in [-0.2, -0.15) is 0 Å². The molecule has 0 aromatic heterocycles. The van der Waals surface area contributed by atoms with E-state index in [2.05, 4.69) is 15.9 Å². The van der Waals surface area contributed by atoms with Gasteiger partial charge in [-0.25, -0.2) is 0 Å². The molecule has 3 nitrogen and oxygen atoms in total. The van der Waals surface area contributed by atoms with Crippen LogP contribution in [0.4, 0.5) is 0 Å². The summed E-state index contributed by atoms with van der Waals surface area (Å²) in [6, 6.07) is 5.90. The Morgan fingerprint density at radius 1 is 1.56 bits per heavy atom. The lowest BCUT2D eigenvalue weighted by molar-refractivity contribution is 0.0718. The Hall–Kier alpha value is -0.870. The van der Waals surface area contributed by atoms with Crippen LogP contribution in [0.2, 0.25) is 0 Å². The van der Waals surface area contributed by atoms with Crippen LogP contribution in [0.1, 0.15) is 28.8 Å². The molecular weight excluding hydrogens is 292 g/mol. The molecule has 0 heterocycles. The first kappa shape index (κ1) is 13.6. The number of benzene rings is 1. The summed E-state index contributed by atoms with van der Waals surface area (Å²) in [7, 11) is 1.86. The molecular formula is C14H19BrN2O. The summed E-state index contributed by atoms with van der Waals surface area (Å²) in [4.78, 5) is 14.3. The van der Waals surface area contributed by atoms with Gasteiger partial charge in [0.05, 0.1) is 0 Å². The molecule has 1 unspecified atom stereocenters. The van der Waals surface area contributed by atoms with Crippen LogP contribution in [0, 0.1) is 12.8 Å². The minimum Gasteiger partial charge on any atom is -0.337 e. The summed E-state index contributed by atoms with van der Waals surface area (Å²) < 4.78 is 0.970. The quantitative estimate of drug-likeness (QED) is 0.929. The summed E-state index contributed by atoms with van der Waals surface area (Å²) in [6.07, 6.45) is 2.38. The van der Waals surface area contributed by atoms with Crippen molar-refractivity contribution in [3.63, 3.8) is 0 Å². The van der Waals surface area contributed by atoms with Gasteiger partial charge in [-0.05, 0) is 43.4 Å².